The molecule has 0 aliphatic carbocycles. The van der Waals surface area contributed by atoms with E-state index in [0.717, 1.165) is 31.7 Å². The SMILES string of the molecule is COc1ccc(Cl)cc1C(=O)OC[C@H]1CCCN1Cc1ccco1. The van der Waals surface area contributed by atoms with E-state index in [1.165, 1.54) is 7.11 Å². The predicted molar refractivity (Wildman–Crippen MR) is 90.4 cm³/mol. The molecule has 0 radical (unpaired) electrons. The summed E-state index contributed by atoms with van der Waals surface area (Å²) < 4.78 is 16.1. The number of rotatable bonds is 6. The third-order valence-electron chi connectivity index (χ3n) is 4.23. The summed E-state index contributed by atoms with van der Waals surface area (Å²) in [6.07, 6.45) is 3.76. The first-order chi connectivity index (χ1) is 11.7. The van der Waals surface area contributed by atoms with Crippen LogP contribution in [0.25, 0.3) is 0 Å². The first-order valence-electron chi connectivity index (χ1n) is 7.94. The quantitative estimate of drug-likeness (QED) is 0.743. The lowest BCUT2D eigenvalue weighted by Gasteiger charge is -2.23. The average molecular weight is 350 g/mol. The van der Waals surface area contributed by atoms with Crippen LogP contribution in [0.1, 0.15) is 29.0 Å². The van der Waals surface area contributed by atoms with Crippen molar-refractivity contribution in [2.75, 3.05) is 20.3 Å². The second kappa shape index (κ2) is 7.73. The molecular formula is C18H20ClNO4. The second-order valence-electron chi connectivity index (χ2n) is 5.79. The minimum Gasteiger partial charge on any atom is -0.496 e. The summed E-state index contributed by atoms with van der Waals surface area (Å²) in [4.78, 5) is 14.6. The van der Waals surface area contributed by atoms with E-state index in [0.29, 0.717) is 22.9 Å². The molecule has 1 aromatic heterocycles. The Balaban J connectivity index is 1.60. The van der Waals surface area contributed by atoms with Gasteiger partial charge in [-0.15, -0.1) is 0 Å². The molecule has 1 aromatic carbocycles. The van der Waals surface area contributed by atoms with Crippen molar-refractivity contribution in [3.05, 3.63) is 52.9 Å². The Morgan fingerprint density at radius 3 is 3.04 bits per heavy atom. The van der Waals surface area contributed by atoms with Crippen LogP contribution in [0.3, 0.4) is 0 Å². The molecule has 0 bridgehead atoms. The first-order valence-corrected chi connectivity index (χ1v) is 8.32. The van der Waals surface area contributed by atoms with E-state index in [1.54, 1.807) is 24.5 Å². The van der Waals surface area contributed by atoms with Gasteiger partial charge >= 0.3 is 5.97 Å². The van der Waals surface area contributed by atoms with Crippen molar-refractivity contribution in [2.24, 2.45) is 0 Å². The van der Waals surface area contributed by atoms with E-state index in [4.69, 9.17) is 25.5 Å². The number of benzene rings is 1. The maximum atomic E-state index is 12.4. The van der Waals surface area contributed by atoms with E-state index in [9.17, 15) is 4.79 Å². The van der Waals surface area contributed by atoms with Gasteiger partial charge in [0.2, 0.25) is 0 Å². The maximum Gasteiger partial charge on any atom is 0.342 e. The fourth-order valence-corrected chi connectivity index (χ4v) is 3.16. The minimum absolute atomic E-state index is 0.198. The largest absolute Gasteiger partial charge is 0.496 e. The monoisotopic (exact) mass is 349 g/mol. The Labute approximate surface area is 146 Å². The molecule has 1 aliphatic rings. The van der Waals surface area contributed by atoms with Crippen LogP contribution in [-0.4, -0.2) is 37.2 Å². The fraction of sp³-hybridized carbons (Fsp3) is 0.389. The third kappa shape index (κ3) is 3.91. The van der Waals surface area contributed by atoms with Crippen molar-refractivity contribution in [1.82, 2.24) is 4.90 Å². The zero-order chi connectivity index (χ0) is 16.9. The molecule has 128 valence electrons. The summed E-state index contributed by atoms with van der Waals surface area (Å²) in [6.45, 7) is 2.05. The Kier molecular flexibility index (Phi) is 5.43. The third-order valence-corrected chi connectivity index (χ3v) is 4.46. The van der Waals surface area contributed by atoms with Crippen molar-refractivity contribution in [3.8, 4) is 5.75 Å². The Morgan fingerprint density at radius 2 is 2.29 bits per heavy atom. The number of furan rings is 1. The molecule has 0 unspecified atom stereocenters. The van der Waals surface area contributed by atoms with Gasteiger partial charge in [0.15, 0.2) is 0 Å². The van der Waals surface area contributed by atoms with Crippen molar-refractivity contribution >= 4 is 17.6 Å². The van der Waals surface area contributed by atoms with Gasteiger partial charge in [-0.1, -0.05) is 11.6 Å². The van der Waals surface area contributed by atoms with E-state index < -0.39 is 5.97 Å². The molecule has 0 N–H and O–H groups in total. The predicted octanol–water partition coefficient (Wildman–Crippen LogP) is 3.76. The van der Waals surface area contributed by atoms with Gasteiger partial charge in [0.1, 0.15) is 23.7 Å². The molecule has 24 heavy (non-hydrogen) atoms. The van der Waals surface area contributed by atoms with Crippen LogP contribution in [0.2, 0.25) is 5.02 Å². The maximum absolute atomic E-state index is 12.4. The van der Waals surface area contributed by atoms with Crippen LogP contribution in [0.15, 0.2) is 41.0 Å². The van der Waals surface area contributed by atoms with Gasteiger partial charge < -0.3 is 13.9 Å². The number of ether oxygens (including phenoxy) is 2. The Hall–Kier alpha value is -1.98. The molecule has 0 amide bonds. The molecule has 2 heterocycles. The highest BCUT2D eigenvalue weighted by Gasteiger charge is 2.27. The smallest absolute Gasteiger partial charge is 0.342 e. The lowest BCUT2D eigenvalue weighted by molar-refractivity contribution is 0.0382. The van der Waals surface area contributed by atoms with Crippen LogP contribution >= 0.6 is 11.6 Å². The number of carbonyl (C=O) groups excluding carboxylic acids is 1. The van der Waals surface area contributed by atoms with E-state index >= 15 is 0 Å². The lowest BCUT2D eigenvalue weighted by atomic mass is 10.2. The summed E-state index contributed by atoms with van der Waals surface area (Å²) in [5, 5.41) is 0.475. The number of esters is 1. The molecule has 3 rings (SSSR count). The number of hydrogen-bond donors (Lipinski definition) is 0. The molecular weight excluding hydrogens is 330 g/mol. The summed E-state index contributed by atoms with van der Waals surface area (Å²) in [7, 11) is 1.52. The molecule has 2 aromatic rings. The van der Waals surface area contributed by atoms with Crippen molar-refractivity contribution in [2.45, 2.75) is 25.4 Å². The molecule has 1 atom stereocenters. The van der Waals surface area contributed by atoms with Crippen LogP contribution in [-0.2, 0) is 11.3 Å². The van der Waals surface area contributed by atoms with Gasteiger partial charge in [0.25, 0.3) is 0 Å². The second-order valence-corrected chi connectivity index (χ2v) is 6.23. The van der Waals surface area contributed by atoms with Crippen LogP contribution in [0.4, 0.5) is 0 Å². The highest BCUT2D eigenvalue weighted by Crippen LogP contribution is 2.25. The Bertz CT molecular complexity index is 686. The standard InChI is InChI=1S/C18H20ClNO4/c1-22-17-7-6-13(19)10-16(17)18(21)24-12-14-4-2-8-20(14)11-15-5-3-9-23-15/h3,5-7,9-10,14H,2,4,8,11-12H2,1H3/t14-/m1/s1. The molecule has 1 fully saturated rings. The van der Waals surface area contributed by atoms with E-state index in [-0.39, 0.29) is 6.04 Å². The van der Waals surface area contributed by atoms with Gasteiger partial charge in [-0.25, -0.2) is 4.79 Å². The summed E-state index contributed by atoms with van der Waals surface area (Å²) in [5.41, 5.74) is 0.348. The molecule has 0 spiro atoms. The van der Waals surface area contributed by atoms with Crippen LogP contribution in [0.5, 0.6) is 5.75 Å². The van der Waals surface area contributed by atoms with Crippen molar-refractivity contribution < 1.29 is 18.7 Å². The van der Waals surface area contributed by atoms with Crippen molar-refractivity contribution in [1.29, 1.82) is 0 Å². The molecule has 0 saturated carbocycles. The van der Waals surface area contributed by atoms with Crippen molar-refractivity contribution in [3.63, 3.8) is 0 Å². The number of halogens is 1. The molecule has 1 saturated heterocycles. The first kappa shape index (κ1) is 16.9. The topological polar surface area (TPSA) is 51.9 Å². The number of nitrogens with zero attached hydrogens (tertiary/aromatic N) is 1. The van der Waals surface area contributed by atoms with Gasteiger partial charge in [-0.05, 0) is 49.7 Å². The zero-order valence-corrected chi connectivity index (χ0v) is 14.3. The number of likely N-dealkylation sites (tertiary alicyclic amines) is 1. The average Bonchev–Trinajstić information content (AvgIpc) is 3.25. The van der Waals surface area contributed by atoms with Gasteiger partial charge in [0, 0.05) is 11.1 Å². The number of methoxy groups -OCH3 is 1. The minimum atomic E-state index is -0.417. The van der Waals surface area contributed by atoms with Gasteiger partial charge in [-0.3, -0.25) is 4.90 Å². The molecule has 6 heteroatoms. The van der Waals surface area contributed by atoms with Crippen LogP contribution < -0.4 is 4.74 Å². The summed E-state index contributed by atoms with van der Waals surface area (Å²) in [6, 6.07) is 8.95. The molecule has 1 aliphatic heterocycles. The normalized spacial score (nSPS) is 17.8. The number of carbonyl (C=O) groups is 1. The lowest BCUT2D eigenvalue weighted by Crippen LogP contribution is -2.33. The summed E-state index contributed by atoms with van der Waals surface area (Å²) >= 11 is 5.97. The highest BCUT2D eigenvalue weighted by atomic mass is 35.5. The summed E-state index contributed by atoms with van der Waals surface area (Å²) in [5.74, 6) is 0.965. The zero-order valence-electron chi connectivity index (χ0n) is 13.5. The van der Waals surface area contributed by atoms with Gasteiger partial charge in [0.05, 0.1) is 19.9 Å². The van der Waals surface area contributed by atoms with Gasteiger partial charge in [-0.2, -0.15) is 0 Å². The Morgan fingerprint density at radius 1 is 1.42 bits per heavy atom. The van der Waals surface area contributed by atoms with Crippen LogP contribution in [0, 0.1) is 0 Å². The number of hydrogen-bond acceptors (Lipinski definition) is 5. The van der Waals surface area contributed by atoms with E-state index in [1.807, 2.05) is 12.1 Å². The fourth-order valence-electron chi connectivity index (χ4n) is 2.98. The van der Waals surface area contributed by atoms with E-state index in [2.05, 4.69) is 4.90 Å². The molecule has 5 nitrogen and oxygen atoms in total. The highest BCUT2D eigenvalue weighted by molar-refractivity contribution is 6.31.